The quantitative estimate of drug-likeness (QED) is 0.842. The van der Waals surface area contributed by atoms with E-state index in [1.165, 1.54) is 6.07 Å². The number of nitrogens with one attached hydrogen (secondary N) is 1. The highest BCUT2D eigenvalue weighted by atomic mass is 79.9. The number of nitrogen functional groups attached to an aromatic ring is 1. The molecule has 7 heteroatoms. The molecule has 0 spiro atoms. The summed E-state index contributed by atoms with van der Waals surface area (Å²) in [5, 5.41) is 2.81. The van der Waals surface area contributed by atoms with Gasteiger partial charge in [0.25, 0.3) is 0 Å². The van der Waals surface area contributed by atoms with E-state index in [0.29, 0.717) is 16.0 Å². The molecule has 0 aliphatic heterocycles. The molecule has 2 aromatic rings. The maximum Gasteiger partial charge on any atom is 0.416 e. The van der Waals surface area contributed by atoms with Gasteiger partial charge in [-0.1, -0.05) is 0 Å². The topological polar surface area (TPSA) is 50.9 Å². The second kappa shape index (κ2) is 5.32. The molecule has 1 aromatic carbocycles. The van der Waals surface area contributed by atoms with E-state index in [1.807, 2.05) is 0 Å². The Bertz CT molecular complexity index is 641. The largest absolute Gasteiger partial charge is 0.416 e. The summed E-state index contributed by atoms with van der Waals surface area (Å²) in [6.45, 7) is 1.80. The van der Waals surface area contributed by atoms with E-state index in [1.54, 1.807) is 19.2 Å². The third-order valence-corrected chi connectivity index (χ3v) is 3.39. The Labute approximate surface area is 122 Å². The van der Waals surface area contributed by atoms with E-state index in [0.717, 1.165) is 17.7 Å². The van der Waals surface area contributed by atoms with Crippen molar-refractivity contribution < 1.29 is 13.2 Å². The average molecular weight is 346 g/mol. The van der Waals surface area contributed by atoms with Crippen LogP contribution in [0.2, 0.25) is 0 Å². The summed E-state index contributed by atoms with van der Waals surface area (Å²) < 4.78 is 38.5. The van der Waals surface area contributed by atoms with Crippen LogP contribution in [0.5, 0.6) is 0 Å². The van der Waals surface area contributed by atoms with Gasteiger partial charge in [0.1, 0.15) is 5.82 Å². The lowest BCUT2D eigenvalue weighted by Gasteiger charge is -2.12. The highest BCUT2D eigenvalue weighted by Crippen LogP contribution is 2.35. The number of alkyl halides is 3. The molecule has 0 aliphatic carbocycles. The van der Waals surface area contributed by atoms with Crippen LogP contribution in [0, 0.1) is 6.92 Å². The Morgan fingerprint density at radius 3 is 2.55 bits per heavy atom. The van der Waals surface area contributed by atoms with Gasteiger partial charge < -0.3 is 11.1 Å². The van der Waals surface area contributed by atoms with E-state index in [9.17, 15) is 13.2 Å². The molecule has 106 valence electrons. The minimum absolute atomic E-state index is 0.274. The summed E-state index contributed by atoms with van der Waals surface area (Å²) in [5.41, 5.74) is 6.60. The predicted molar refractivity (Wildman–Crippen MR) is 75.8 cm³/mol. The number of hydrogen-bond donors (Lipinski definition) is 2. The SMILES string of the molecule is Cc1cnc(Nc2cc(C(F)(F)F)ccc2Br)cc1N. The third kappa shape index (κ3) is 3.22. The highest BCUT2D eigenvalue weighted by Gasteiger charge is 2.30. The monoisotopic (exact) mass is 345 g/mol. The van der Waals surface area contributed by atoms with Crippen molar-refractivity contribution in [1.82, 2.24) is 4.98 Å². The Morgan fingerprint density at radius 2 is 1.95 bits per heavy atom. The molecule has 2 rings (SSSR count). The van der Waals surface area contributed by atoms with E-state index in [2.05, 4.69) is 26.2 Å². The zero-order valence-electron chi connectivity index (χ0n) is 10.4. The van der Waals surface area contributed by atoms with Crippen molar-refractivity contribution in [3.05, 3.63) is 46.1 Å². The molecule has 20 heavy (non-hydrogen) atoms. The molecule has 0 bridgehead atoms. The second-order valence-electron chi connectivity index (χ2n) is 4.24. The summed E-state index contributed by atoms with van der Waals surface area (Å²) in [6.07, 6.45) is -2.84. The number of rotatable bonds is 2. The summed E-state index contributed by atoms with van der Waals surface area (Å²) >= 11 is 3.20. The standard InChI is InChI=1S/C13H11BrF3N3/c1-7-6-19-12(5-10(7)18)20-11-4-8(13(15,16)17)2-3-9(11)14/h2-6H,1H3,(H3,18,19,20). The minimum atomic E-state index is -4.39. The molecule has 3 N–H and O–H groups in total. The first kappa shape index (κ1) is 14.6. The highest BCUT2D eigenvalue weighted by molar-refractivity contribution is 9.10. The van der Waals surface area contributed by atoms with Crippen LogP contribution in [0.15, 0.2) is 34.9 Å². The van der Waals surface area contributed by atoms with Crippen LogP contribution in [0.3, 0.4) is 0 Å². The molecule has 0 amide bonds. The van der Waals surface area contributed by atoms with E-state index >= 15 is 0 Å². The number of aryl methyl sites for hydroxylation is 1. The smallest absolute Gasteiger partial charge is 0.398 e. The number of nitrogens with zero attached hydrogens (tertiary/aromatic N) is 1. The molecule has 0 saturated heterocycles. The lowest BCUT2D eigenvalue weighted by Crippen LogP contribution is -2.06. The van der Waals surface area contributed by atoms with E-state index < -0.39 is 11.7 Å². The van der Waals surface area contributed by atoms with Gasteiger partial charge in [0.05, 0.1) is 11.3 Å². The molecule has 3 nitrogen and oxygen atoms in total. The molecule has 0 fully saturated rings. The first-order valence-corrected chi connectivity index (χ1v) is 6.42. The van der Waals surface area contributed by atoms with Crippen molar-refractivity contribution in [3.8, 4) is 0 Å². The maximum absolute atomic E-state index is 12.7. The zero-order chi connectivity index (χ0) is 14.9. The van der Waals surface area contributed by atoms with E-state index in [-0.39, 0.29) is 5.69 Å². The maximum atomic E-state index is 12.7. The van der Waals surface area contributed by atoms with Crippen molar-refractivity contribution in [2.45, 2.75) is 13.1 Å². The summed E-state index contributed by atoms with van der Waals surface area (Å²) in [6, 6.07) is 4.93. The van der Waals surface area contributed by atoms with Crippen LogP contribution < -0.4 is 11.1 Å². The normalized spacial score (nSPS) is 11.4. The number of nitrogens with two attached hydrogens (primary N) is 1. The van der Waals surface area contributed by atoms with Gasteiger partial charge in [-0.05, 0) is 46.6 Å². The van der Waals surface area contributed by atoms with Crippen LogP contribution in [-0.2, 0) is 6.18 Å². The predicted octanol–water partition coefficient (Wildman–Crippen LogP) is 4.50. The van der Waals surface area contributed by atoms with Gasteiger partial charge in [-0.3, -0.25) is 0 Å². The number of pyridine rings is 1. The van der Waals surface area contributed by atoms with Crippen LogP contribution >= 0.6 is 15.9 Å². The first-order valence-electron chi connectivity index (χ1n) is 5.63. The number of benzene rings is 1. The summed E-state index contributed by atoms with van der Waals surface area (Å²) in [7, 11) is 0. The molecule has 1 heterocycles. The molecule has 0 aliphatic rings. The Kier molecular flexibility index (Phi) is 3.89. The average Bonchev–Trinajstić information content (AvgIpc) is 2.35. The molecule has 0 radical (unpaired) electrons. The zero-order valence-corrected chi connectivity index (χ0v) is 12.0. The van der Waals surface area contributed by atoms with Crippen LogP contribution in [0.25, 0.3) is 0 Å². The van der Waals surface area contributed by atoms with Crippen LogP contribution in [0.1, 0.15) is 11.1 Å². The molecule has 0 unspecified atom stereocenters. The van der Waals surface area contributed by atoms with Gasteiger partial charge in [-0.2, -0.15) is 13.2 Å². The lowest BCUT2D eigenvalue weighted by atomic mass is 10.2. The lowest BCUT2D eigenvalue weighted by molar-refractivity contribution is -0.137. The van der Waals surface area contributed by atoms with Crippen molar-refractivity contribution in [3.63, 3.8) is 0 Å². The molecule has 1 aromatic heterocycles. The van der Waals surface area contributed by atoms with Crippen molar-refractivity contribution >= 4 is 33.1 Å². The Morgan fingerprint density at radius 1 is 1.25 bits per heavy atom. The van der Waals surface area contributed by atoms with Crippen LogP contribution in [-0.4, -0.2) is 4.98 Å². The van der Waals surface area contributed by atoms with Crippen LogP contribution in [0.4, 0.5) is 30.4 Å². The van der Waals surface area contributed by atoms with Crippen molar-refractivity contribution in [1.29, 1.82) is 0 Å². The fourth-order valence-electron chi connectivity index (χ4n) is 1.54. The van der Waals surface area contributed by atoms with Gasteiger partial charge in [-0.15, -0.1) is 0 Å². The number of anilines is 3. The van der Waals surface area contributed by atoms with Crippen molar-refractivity contribution in [2.24, 2.45) is 0 Å². The third-order valence-electron chi connectivity index (χ3n) is 2.70. The number of aromatic nitrogens is 1. The fourth-order valence-corrected chi connectivity index (χ4v) is 1.89. The number of hydrogen-bond acceptors (Lipinski definition) is 3. The second-order valence-corrected chi connectivity index (χ2v) is 5.10. The van der Waals surface area contributed by atoms with E-state index in [4.69, 9.17) is 5.73 Å². The first-order chi connectivity index (χ1) is 9.27. The molecule has 0 atom stereocenters. The Balaban J connectivity index is 2.35. The number of halogens is 4. The molecular formula is C13H11BrF3N3. The van der Waals surface area contributed by atoms with Gasteiger partial charge in [0.15, 0.2) is 0 Å². The fraction of sp³-hybridized carbons (Fsp3) is 0.154. The van der Waals surface area contributed by atoms with Gasteiger partial charge >= 0.3 is 6.18 Å². The van der Waals surface area contributed by atoms with Gasteiger partial charge in [0.2, 0.25) is 0 Å². The van der Waals surface area contributed by atoms with Gasteiger partial charge in [-0.25, -0.2) is 4.98 Å². The minimum Gasteiger partial charge on any atom is -0.398 e. The van der Waals surface area contributed by atoms with Crippen molar-refractivity contribution in [2.75, 3.05) is 11.1 Å². The summed E-state index contributed by atoms with van der Waals surface area (Å²) in [4.78, 5) is 4.07. The Hall–Kier alpha value is -1.76. The molecule has 0 saturated carbocycles. The van der Waals surface area contributed by atoms with Gasteiger partial charge in [0, 0.05) is 22.4 Å². The molecular weight excluding hydrogens is 335 g/mol. The summed E-state index contributed by atoms with van der Waals surface area (Å²) in [5.74, 6) is 0.383.